The SMILES string of the molecule is COC(=O)[C@](C)(NC(=O)c1ccc(SCc2csc(C)n2)cc1)c1cc(F)ccc1F. The van der Waals surface area contributed by atoms with Crippen LogP contribution in [0.4, 0.5) is 8.78 Å². The number of methoxy groups -OCH3 is 1. The van der Waals surface area contributed by atoms with Gasteiger partial charge in [-0.15, -0.1) is 23.1 Å². The molecule has 0 saturated carbocycles. The predicted molar refractivity (Wildman–Crippen MR) is 116 cm³/mol. The maximum absolute atomic E-state index is 14.4. The first kappa shape index (κ1) is 22.9. The summed E-state index contributed by atoms with van der Waals surface area (Å²) in [5.41, 5.74) is -0.979. The molecule has 1 aromatic heterocycles. The van der Waals surface area contributed by atoms with Crippen LogP contribution in [-0.2, 0) is 20.8 Å². The number of halogens is 2. The van der Waals surface area contributed by atoms with E-state index in [1.807, 2.05) is 12.3 Å². The molecule has 1 N–H and O–H groups in total. The first-order valence-corrected chi connectivity index (χ1v) is 11.1. The van der Waals surface area contributed by atoms with E-state index >= 15 is 0 Å². The molecule has 0 fully saturated rings. The van der Waals surface area contributed by atoms with Crippen molar-refractivity contribution in [3.63, 3.8) is 0 Å². The van der Waals surface area contributed by atoms with Gasteiger partial charge in [-0.2, -0.15) is 0 Å². The summed E-state index contributed by atoms with van der Waals surface area (Å²) in [4.78, 5) is 30.5. The van der Waals surface area contributed by atoms with Crippen LogP contribution >= 0.6 is 23.1 Å². The Balaban J connectivity index is 1.77. The van der Waals surface area contributed by atoms with E-state index in [1.54, 1.807) is 47.4 Å². The second kappa shape index (κ2) is 9.57. The number of aromatic nitrogens is 1. The van der Waals surface area contributed by atoms with Crippen LogP contribution in [0, 0.1) is 18.6 Å². The number of hydrogen-bond donors (Lipinski definition) is 1. The standard InChI is InChI=1S/C22H20F2N2O3S2/c1-13-25-16(11-30-13)12-31-17-7-4-14(5-8-17)20(27)26-22(2,21(28)29-3)18-10-15(23)6-9-19(18)24/h4-11H,12H2,1-3H3,(H,26,27)/t22-/m1/s1. The number of carbonyl (C=O) groups excluding carboxylic acids is 2. The van der Waals surface area contributed by atoms with Gasteiger partial charge in [0.2, 0.25) is 0 Å². The summed E-state index contributed by atoms with van der Waals surface area (Å²) in [7, 11) is 1.11. The molecule has 0 aliphatic rings. The molecule has 0 aliphatic carbocycles. The van der Waals surface area contributed by atoms with Gasteiger partial charge in [0.05, 0.1) is 17.8 Å². The second-order valence-electron chi connectivity index (χ2n) is 6.87. The zero-order valence-corrected chi connectivity index (χ0v) is 18.7. The number of thioether (sulfide) groups is 1. The summed E-state index contributed by atoms with van der Waals surface area (Å²) in [6, 6.07) is 9.45. The minimum atomic E-state index is -1.91. The number of benzene rings is 2. The van der Waals surface area contributed by atoms with Crippen LogP contribution in [0.1, 0.15) is 33.5 Å². The molecule has 0 aliphatic heterocycles. The van der Waals surface area contributed by atoms with Gasteiger partial charge in [0, 0.05) is 27.2 Å². The zero-order chi connectivity index (χ0) is 22.6. The van der Waals surface area contributed by atoms with Crippen molar-refractivity contribution >= 4 is 35.0 Å². The fourth-order valence-electron chi connectivity index (χ4n) is 2.95. The Morgan fingerprint density at radius 2 is 1.90 bits per heavy atom. The van der Waals surface area contributed by atoms with Gasteiger partial charge in [0.25, 0.3) is 5.91 Å². The molecule has 0 unspecified atom stereocenters. The molecular weight excluding hydrogens is 442 g/mol. The lowest BCUT2D eigenvalue weighted by molar-refractivity contribution is -0.148. The average molecular weight is 463 g/mol. The number of ether oxygens (including phenoxy) is 1. The molecule has 0 bridgehead atoms. The first-order chi connectivity index (χ1) is 14.7. The van der Waals surface area contributed by atoms with Crippen LogP contribution in [0.25, 0.3) is 0 Å². The summed E-state index contributed by atoms with van der Waals surface area (Å²) in [5, 5.41) is 5.50. The van der Waals surface area contributed by atoms with Crippen molar-refractivity contribution in [2.45, 2.75) is 30.0 Å². The maximum Gasteiger partial charge on any atom is 0.336 e. The lowest BCUT2D eigenvalue weighted by Crippen LogP contribution is -2.50. The van der Waals surface area contributed by atoms with E-state index in [9.17, 15) is 18.4 Å². The van der Waals surface area contributed by atoms with Crippen LogP contribution in [0.5, 0.6) is 0 Å². The molecule has 1 amide bonds. The van der Waals surface area contributed by atoms with Crippen molar-refractivity contribution in [2.24, 2.45) is 0 Å². The maximum atomic E-state index is 14.4. The largest absolute Gasteiger partial charge is 0.467 e. The van der Waals surface area contributed by atoms with Crippen LogP contribution < -0.4 is 5.32 Å². The van der Waals surface area contributed by atoms with Crippen molar-refractivity contribution in [3.8, 4) is 0 Å². The Kier molecular flexibility index (Phi) is 7.07. The van der Waals surface area contributed by atoms with Gasteiger partial charge in [0.1, 0.15) is 11.6 Å². The highest BCUT2D eigenvalue weighted by Gasteiger charge is 2.40. The van der Waals surface area contributed by atoms with E-state index in [4.69, 9.17) is 4.74 Å². The normalized spacial score (nSPS) is 12.8. The van der Waals surface area contributed by atoms with Gasteiger partial charge in [-0.1, -0.05) is 0 Å². The Morgan fingerprint density at radius 3 is 2.52 bits per heavy atom. The fourth-order valence-corrected chi connectivity index (χ4v) is 4.46. The lowest BCUT2D eigenvalue weighted by Gasteiger charge is -2.29. The quantitative estimate of drug-likeness (QED) is 0.402. The second-order valence-corrected chi connectivity index (χ2v) is 8.98. The Labute approximate surface area is 186 Å². The monoisotopic (exact) mass is 462 g/mol. The first-order valence-electron chi connectivity index (χ1n) is 9.23. The van der Waals surface area contributed by atoms with Crippen molar-refractivity contribution < 1.29 is 23.1 Å². The number of amides is 1. The summed E-state index contributed by atoms with van der Waals surface area (Å²) in [5.74, 6) is -2.41. The van der Waals surface area contributed by atoms with Gasteiger partial charge in [0.15, 0.2) is 5.54 Å². The minimum Gasteiger partial charge on any atom is -0.467 e. The van der Waals surface area contributed by atoms with Crippen molar-refractivity contribution in [1.82, 2.24) is 10.3 Å². The molecule has 3 aromatic rings. The number of thiazole rings is 1. The number of hydrogen-bond acceptors (Lipinski definition) is 6. The molecule has 0 saturated heterocycles. The van der Waals surface area contributed by atoms with Gasteiger partial charge in [-0.05, 0) is 56.3 Å². The Morgan fingerprint density at radius 1 is 1.19 bits per heavy atom. The third kappa shape index (κ3) is 5.29. The van der Waals surface area contributed by atoms with Crippen molar-refractivity contribution in [2.75, 3.05) is 7.11 Å². The fraction of sp³-hybridized carbons (Fsp3) is 0.227. The molecule has 162 valence electrons. The predicted octanol–water partition coefficient (Wildman–Crippen LogP) is 4.84. The molecule has 3 rings (SSSR count). The number of aryl methyl sites for hydroxylation is 1. The van der Waals surface area contributed by atoms with Crippen molar-refractivity contribution in [3.05, 3.63) is 81.3 Å². The summed E-state index contributed by atoms with van der Waals surface area (Å²) >= 11 is 3.17. The molecule has 0 spiro atoms. The van der Waals surface area contributed by atoms with Crippen LogP contribution in [0.2, 0.25) is 0 Å². The molecule has 0 radical (unpaired) electrons. The molecule has 31 heavy (non-hydrogen) atoms. The number of rotatable bonds is 7. The van der Waals surface area contributed by atoms with E-state index in [0.29, 0.717) is 5.75 Å². The van der Waals surface area contributed by atoms with E-state index in [-0.39, 0.29) is 11.1 Å². The highest BCUT2D eigenvalue weighted by atomic mass is 32.2. The van der Waals surface area contributed by atoms with E-state index < -0.39 is 29.0 Å². The third-order valence-electron chi connectivity index (χ3n) is 4.59. The summed E-state index contributed by atoms with van der Waals surface area (Å²) in [6.45, 7) is 3.22. The highest BCUT2D eigenvalue weighted by molar-refractivity contribution is 7.98. The number of esters is 1. The number of carbonyl (C=O) groups is 2. The van der Waals surface area contributed by atoms with Gasteiger partial charge in [-0.25, -0.2) is 18.6 Å². The minimum absolute atomic E-state index is 0.265. The van der Waals surface area contributed by atoms with Gasteiger partial charge < -0.3 is 10.1 Å². The summed E-state index contributed by atoms with van der Waals surface area (Å²) in [6.07, 6.45) is 0. The van der Waals surface area contributed by atoms with Crippen molar-refractivity contribution in [1.29, 1.82) is 0 Å². The average Bonchev–Trinajstić information content (AvgIpc) is 3.18. The van der Waals surface area contributed by atoms with Crippen LogP contribution in [0.3, 0.4) is 0 Å². The molecule has 1 atom stereocenters. The lowest BCUT2D eigenvalue weighted by atomic mass is 9.90. The molecule has 2 aromatic carbocycles. The molecule has 9 heteroatoms. The highest BCUT2D eigenvalue weighted by Crippen LogP contribution is 2.28. The van der Waals surface area contributed by atoms with E-state index in [1.165, 1.54) is 6.92 Å². The van der Waals surface area contributed by atoms with Gasteiger partial charge in [-0.3, -0.25) is 4.79 Å². The van der Waals surface area contributed by atoms with E-state index in [2.05, 4.69) is 10.3 Å². The van der Waals surface area contributed by atoms with E-state index in [0.717, 1.165) is 40.9 Å². The molecule has 1 heterocycles. The topological polar surface area (TPSA) is 68.3 Å². The number of nitrogens with zero attached hydrogens (tertiary/aromatic N) is 1. The van der Waals surface area contributed by atoms with Crippen LogP contribution in [0.15, 0.2) is 52.7 Å². The Bertz CT molecular complexity index is 1100. The smallest absolute Gasteiger partial charge is 0.336 e. The Hall–Kier alpha value is -2.78. The summed E-state index contributed by atoms with van der Waals surface area (Å²) < 4.78 is 32.8. The number of nitrogens with one attached hydrogen (secondary N) is 1. The van der Waals surface area contributed by atoms with Crippen LogP contribution in [-0.4, -0.2) is 24.0 Å². The third-order valence-corrected chi connectivity index (χ3v) is 6.46. The molecule has 5 nitrogen and oxygen atoms in total. The van der Waals surface area contributed by atoms with Gasteiger partial charge >= 0.3 is 5.97 Å². The zero-order valence-electron chi connectivity index (χ0n) is 17.1. The molecular formula is C22H20F2N2O3S2.